The van der Waals surface area contributed by atoms with Crippen molar-refractivity contribution in [3.8, 4) is 0 Å². The number of amides is 1. The van der Waals surface area contributed by atoms with Gasteiger partial charge < -0.3 is 5.32 Å². The van der Waals surface area contributed by atoms with Crippen molar-refractivity contribution in [2.24, 2.45) is 0 Å². The van der Waals surface area contributed by atoms with Crippen LogP contribution in [0.5, 0.6) is 0 Å². The molecule has 1 aromatic carbocycles. The normalized spacial score (nSPS) is 10.4. The lowest BCUT2D eigenvalue weighted by Gasteiger charge is -2.05. The SMILES string of the molecule is Cc1nc(C(=O)NCc2ccccc2F)c(C)s1. The summed E-state index contributed by atoms with van der Waals surface area (Å²) in [5.74, 6) is -0.580. The van der Waals surface area contributed by atoms with E-state index in [1.54, 1.807) is 18.2 Å². The largest absolute Gasteiger partial charge is 0.346 e. The summed E-state index contributed by atoms with van der Waals surface area (Å²) in [6.07, 6.45) is 0. The topological polar surface area (TPSA) is 42.0 Å². The van der Waals surface area contributed by atoms with Crippen LogP contribution in [0.1, 0.15) is 25.9 Å². The summed E-state index contributed by atoms with van der Waals surface area (Å²) in [4.78, 5) is 16.9. The Hall–Kier alpha value is -1.75. The number of hydrogen-bond acceptors (Lipinski definition) is 3. The zero-order valence-corrected chi connectivity index (χ0v) is 11.0. The molecule has 2 aromatic rings. The number of carbonyl (C=O) groups is 1. The molecule has 1 N–H and O–H groups in total. The average molecular weight is 264 g/mol. The van der Waals surface area contributed by atoms with Crippen LogP contribution >= 0.6 is 11.3 Å². The lowest BCUT2D eigenvalue weighted by molar-refractivity contribution is 0.0945. The minimum atomic E-state index is -0.316. The highest BCUT2D eigenvalue weighted by Crippen LogP contribution is 2.16. The third-order valence-corrected chi connectivity index (χ3v) is 3.40. The van der Waals surface area contributed by atoms with E-state index in [4.69, 9.17) is 0 Å². The first-order chi connectivity index (χ1) is 8.58. The van der Waals surface area contributed by atoms with Crippen LogP contribution in [0.4, 0.5) is 4.39 Å². The van der Waals surface area contributed by atoms with Gasteiger partial charge in [-0.3, -0.25) is 4.79 Å². The summed E-state index contributed by atoms with van der Waals surface area (Å²) in [6.45, 7) is 3.87. The Bertz CT molecular complexity index is 580. The van der Waals surface area contributed by atoms with E-state index in [9.17, 15) is 9.18 Å². The second-order valence-electron chi connectivity index (χ2n) is 3.91. The van der Waals surface area contributed by atoms with Gasteiger partial charge in [-0.15, -0.1) is 11.3 Å². The average Bonchev–Trinajstić information content (AvgIpc) is 2.67. The summed E-state index contributed by atoms with van der Waals surface area (Å²) < 4.78 is 13.4. The van der Waals surface area contributed by atoms with Crippen molar-refractivity contribution >= 4 is 17.2 Å². The van der Waals surface area contributed by atoms with Crippen LogP contribution in [-0.4, -0.2) is 10.9 Å². The van der Waals surface area contributed by atoms with Crippen LogP contribution in [0, 0.1) is 19.7 Å². The molecule has 0 radical (unpaired) electrons. The first-order valence-electron chi connectivity index (χ1n) is 5.53. The van der Waals surface area contributed by atoms with Crippen LogP contribution in [0.25, 0.3) is 0 Å². The molecule has 0 aliphatic rings. The lowest BCUT2D eigenvalue weighted by atomic mass is 10.2. The Balaban J connectivity index is 2.05. The van der Waals surface area contributed by atoms with Gasteiger partial charge in [-0.2, -0.15) is 0 Å². The second kappa shape index (κ2) is 5.27. The molecule has 0 unspecified atom stereocenters. The predicted octanol–water partition coefficient (Wildman–Crippen LogP) is 2.83. The maximum Gasteiger partial charge on any atom is 0.271 e. The van der Waals surface area contributed by atoms with Gasteiger partial charge in [0.25, 0.3) is 5.91 Å². The Morgan fingerprint density at radius 3 is 2.72 bits per heavy atom. The number of aryl methyl sites for hydroxylation is 2. The monoisotopic (exact) mass is 264 g/mol. The molecule has 5 heteroatoms. The molecule has 1 amide bonds. The highest BCUT2D eigenvalue weighted by Gasteiger charge is 2.13. The second-order valence-corrected chi connectivity index (χ2v) is 5.32. The molecule has 2 rings (SSSR count). The maximum atomic E-state index is 13.4. The van der Waals surface area contributed by atoms with Crippen LogP contribution in [0.15, 0.2) is 24.3 Å². The van der Waals surface area contributed by atoms with Crippen LogP contribution in [0.3, 0.4) is 0 Å². The third kappa shape index (κ3) is 2.73. The molecule has 0 saturated carbocycles. The molecule has 94 valence electrons. The molecule has 0 bridgehead atoms. The zero-order valence-electron chi connectivity index (χ0n) is 10.2. The van der Waals surface area contributed by atoms with Gasteiger partial charge in [-0.25, -0.2) is 9.37 Å². The molecule has 0 aliphatic carbocycles. The molecule has 3 nitrogen and oxygen atoms in total. The first-order valence-corrected chi connectivity index (χ1v) is 6.35. The van der Waals surface area contributed by atoms with Crippen molar-refractivity contribution < 1.29 is 9.18 Å². The molecule has 0 spiro atoms. The highest BCUT2D eigenvalue weighted by atomic mass is 32.1. The van der Waals surface area contributed by atoms with Crippen molar-refractivity contribution in [1.82, 2.24) is 10.3 Å². The summed E-state index contributed by atoms with van der Waals surface area (Å²) in [7, 11) is 0. The number of hydrogen-bond donors (Lipinski definition) is 1. The number of halogens is 1. The van der Waals surface area contributed by atoms with E-state index in [0.29, 0.717) is 11.3 Å². The van der Waals surface area contributed by atoms with Crippen molar-refractivity contribution in [3.05, 3.63) is 51.2 Å². The molecule has 0 atom stereocenters. The molecule has 0 saturated heterocycles. The van der Waals surface area contributed by atoms with E-state index in [0.717, 1.165) is 9.88 Å². The lowest BCUT2D eigenvalue weighted by Crippen LogP contribution is -2.24. The molecule has 1 heterocycles. The van der Waals surface area contributed by atoms with Crippen LogP contribution in [-0.2, 0) is 6.54 Å². The number of nitrogens with one attached hydrogen (secondary N) is 1. The van der Waals surface area contributed by atoms with Gasteiger partial charge in [0.05, 0.1) is 5.01 Å². The van der Waals surface area contributed by atoms with E-state index < -0.39 is 0 Å². The summed E-state index contributed by atoms with van der Waals surface area (Å²) >= 11 is 1.48. The fourth-order valence-corrected chi connectivity index (χ4v) is 2.46. The van der Waals surface area contributed by atoms with E-state index in [1.807, 2.05) is 13.8 Å². The van der Waals surface area contributed by atoms with Gasteiger partial charge in [-0.05, 0) is 19.9 Å². The van der Waals surface area contributed by atoms with Crippen LogP contribution in [0.2, 0.25) is 0 Å². The minimum Gasteiger partial charge on any atom is -0.346 e. The zero-order chi connectivity index (χ0) is 13.1. The Morgan fingerprint density at radius 2 is 2.11 bits per heavy atom. The van der Waals surface area contributed by atoms with E-state index >= 15 is 0 Å². The van der Waals surface area contributed by atoms with E-state index in [2.05, 4.69) is 10.3 Å². The standard InChI is InChI=1S/C13H13FN2OS/c1-8-12(16-9(2)18-8)13(17)15-7-10-5-3-4-6-11(10)14/h3-6H,7H2,1-2H3,(H,15,17). The Morgan fingerprint density at radius 1 is 1.39 bits per heavy atom. The highest BCUT2D eigenvalue weighted by molar-refractivity contribution is 7.11. The first kappa shape index (κ1) is 12.7. The van der Waals surface area contributed by atoms with Gasteiger partial charge in [0, 0.05) is 17.0 Å². The van der Waals surface area contributed by atoms with Gasteiger partial charge in [0.1, 0.15) is 11.5 Å². The Kier molecular flexibility index (Phi) is 3.72. The third-order valence-electron chi connectivity index (χ3n) is 2.52. The van der Waals surface area contributed by atoms with Crippen molar-refractivity contribution in [2.75, 3.05) is 0 Å². The molecule has 18 heavy (non-hydrogen) atoms. The Labute approximate surface area is 109 Å². The van der Waals surface area contributed by atoms with Gasteiger partial charge >= 0.3 is 0 Å². The number of aromatic nitrogens is 1. The smallest absolute Gasteiger partial charge is 0.271 e. The van der Waals surface area contributed by atoms with E-state index in [1.165, 1.54) is 17.4 Å². The molecule has 0 aliphatic heterocycles. The summed E-state index contributed by atoms with van der Waals surface area (Å²) in [6, 6.07) is 6.38. The quantitative estimate of drug-likeness (QED) is 0.926. The number of benzene rings is 1. The van der Waals surface area contributed by atoms with Gasteiger partial charge in [0.2, 0.25) is 0 Å². The number of carbonyl (C=O) groups excluding carboxylic acids is 1. The van der Waals surface area contributed by atoms with Gasteiger partial charge in [-0.1, -0.05) is 18.2 Å². The van der Waals surface area contributed by atoms with Crippen molar-refractivity contribution in [3.63, 3.8) is 0 Å². The number of thiazole rings is 1. The molecular weight excluding hydrogens is 251 g/mol. The number of nitrogens with zero attached hydrogens (tertiary/aromatic N) is 1. The van der Waals surface area contributed by atoms with Crippen molar-refractivity contribution in [1.29, 1.82) is 0 Å². The maximum absolute atomic E-state index is 13.4. The predicted molar refractivity (Wildman–Crippen MR) is 69.2 cm³/mol. The van der Waals surface area contributed by atoms with Crippen LogP contribution < -0.4 is 5.32 Å². The van der Waals surface area contributed by atoms with E-state index in [-0.39, 0.29) is 18.3 Å². The molecule has 1 aromatic heterocycles. The summed E-state index contributed by atoms with van der Waals surface area (Å²) in [5.41, 5.74) is 0.893. The minimum absolute atomic E-state index is 0.168. The summed E-state index contributed by atoms with van der Waals surface area (Å²) in [5, 5.41) is 3.53. The fourth-order valence-electron chi connectivity index (χ4n) is 1.64. The fraction of sp³-hybridized carbons (Fsp3) is 0.231. The molecular formula is C13H13FN2OS. The van der Waals surface area contributed by atoms with Gasteiger partial charge in [0.15, 0.2) is 0 Å². The van der Waals surface area contributed by atoms with Crippen molar-refractivity contribution in [2.45, 2.75) is 20.4 Å². The molecule has 0 fully saturated rings. The number of rotatable bonds is 3.